The van der Waals surface area contributed by atoms with Crippen molar-refractivity contribution in [2.24, 2.45) is 16.8 Å². The Labute approximate surface area is 178 Å². The SMILES string of the molecule is N/N=C(/CCCSc1nc2cc[nH]c2c(=O)n1-c1ccc(OCC(F)(F)F)cc1)NN. The van der Waals surface area contributed by atoms with Crippen molar-refractivity contribution in [3.05, 3.63) is 46.9 Å². The molecule has 0 atom stereocenters. The molecule has 0 aliphatic heterocycles. The third-order valence-electron chi connectivity index (χ3n) is 4.16. The van der Waals surface area contributed by atoms with Crippen LogP contribution in [0.5, 0.6) is 5.75 Å². The van der Waals surface area contributed by atoms with Gasteiger partial charge >= 0.3 is 6.18 Å². The summed E-state index contributed by atoms with van der Waals surface area (Å²) in [7, 11) is 0. The third kappa shape index (κ3) is 5.70. The zero-order valence-electron chi connectivity index (χ0n) is 16.1. The van der Waals surface area contributed by atoms with Crippen LogP contribution in [0.3, 0.4) is 0 Å². The van der Waals surface area contributed by atoms with Gasteiger partial charge in [0.25, 0.3) is 5.56 Å². The van der Waals surface area contributed by atoms with Gasteiger partial charge in [0.05, 0.1) is 11.2 Å². The Hall–Kier alpha value is -3.19. The molecule has 0 unspecified atom stereocenters. The van der Waals surface area contributed by atoms with Gasteiger partial charge in [-0.15, -0.1) is 0 Å². The summed E-state index contributed by atoms with van der Waals surface area (Å²) < 4.78 is 43.2. The van der Waals surface area contributed by atoms with E-state index in [1.54, 1.807) is 12.3 Å². The van der Waals surface area contributed by atoms with Crippen molar-refractivity contribution in [1.29, 1.82) is 0 Å². The number of aromatic nitrogens is 3. The monoisotopic (exact) mass is 455 g/mol. The van der Waals surface area contributed by atoms with Crippen molar-refractivity contribution >= 4 is 28.6 Å². The van der Waals surface area contributed by atoms with Crippen LogP contribution in [0, 0.1) is 0 Å². The van der Waals surface area contributed by atoms with Crippen LogP contribution in [0.4, 0.5) is 13.2 Å². The standard InChI is InChI=1S/C18H20F3N7O2S/c19-18(20,21)10-30-12-5-3-11(4-6-12)28-16(29)15-13(7-8-24-15)25-17(28)31-9-1-2-14(26-22)27-23/h3-8,24H,1-2,9-10,22-23H2,(H,26,27). The summed E-state index contributed by atoms with van der Waals surface area (Å²) in [5.74, 6) is 11.6. The number of nitrogens with one attached hydrogen (secondary N) is 2. The number of nitrogens with zero attached hydrogens (tertiary/aromatic N) is 3. The number of hydrogen-bond donors (Lipinski definition) is 4. The molecule has 0 radical (unpaired) electrons. The Morgan fingerprint density at radius 1 is 1.29 bits per heavy atom. The molecule has 2 aromatic heterocycles. The highest BCUT2D eigenvalue weighted by Crippen LogP contribution is 2.24. The maximum absolute atomic E-state index is 13.0. The van der Waals surface area contributed by atoms with E-state index in [1.807, 2.05) is 0 Å². The quantitative estimate of drug-likeness (QED) is 0.0778. The van der Waals surface area contributed by atoms with Crippen molar-refractivity contribution < 1.29 is 17.9 Å². The summed E-state index contributed by atoms with van der Waals surface area (Å²) >= 11 is 1.35. The molecule has 31 heavy (non-hydrogen) atoms. The first-order chi connectivity index (χ1) is 14.8. The number of hydrogen-bond acceptors (Lipinski definition) is 7. The lowest BCUT2D eigenvalue weighted by atomic mass is 10.3. The zero-order chi connectivity index (χ0) is 22.4. The third-order valence-corrected chi connectivity index (χ3v) is 5.18. The van der Waals surface area contributed by atoms with Crippen LogP contribution in [0.15, 0.2) is 51.6 Å². The number of fused-ring (bicyclic) bond motifs is 1. The number of thioether (sulfide) groups is 1. The molecule has 0 saturated carbocycles. The normalized spacial score (nSPS) is 12.3. The second-order valence-electron chi connectivity index (χ2n) is 6.34. The van der Waals surface area contributed by atoms with Gasteiger partial charge in [0, 0.05) is 18.4 Å². The Balaban J connectivity index is 1.85. The average Bonchev–Trinajstić information content (AvgIpc) is 3.21. The molecule has 0 amide bonds. The van der Waals surface area contributed by atoms with Crippen LogP contribution in [0.1, 0.15) is 12.8 Å². The number of halogens is 3. The fraction of sp³-hybridized carbons (Fsp3) is 0.278. The molecular formula is C18H20F3N7O2S. The molecule has 0 aliphatic carbocycles. The Kier molecular flexibility index (Phi) is 7.07. The van der Waals surface area contributed by atoms with E-state index in [2.05, 4.69) is 20.5 Å². The highest BCUT2D eigenvalue weighted by Gasteiger charge is 2.28. The van der Waals surface area contributed by atoms with E-state index in [0.29, 0.717) is 46.3 Å². The van der Waals surface area contributed by atoms with Crippen LogP contribution >= 0.6 is 11.8 Å². The minimum Gasteiger partial charge on any atom is -0.484 e. The van der Waals surface area contributed by atoms with E-state index in [1.165, 1.54) is 40.6 Å². The number of ether oxygens (including phenoxy) is 1. The summed E-state index contributed by atoms with van der Waals surface area (Å²) in [6, 6.07) is 7.45. The smallest absolute Gasteiger partial charge is 0.422 e. The molecule has 2 heterocycles. The first kappa shape index (κ1) is 22.5. The number of benzene rings is 1. The van der Waals surface area contributed by atoms with Gasteiger partial charge in [0.2, 0.25) is 0 Å². The zero-order valence-corrected chi connectivity index (χ0v) is 17.0. The van der Waals surface area contributed by atoms with Gasteiger partial charge in [-0.05, 0) is 36.8 Å². The second-order valence-corrected chi connectivity index (χ2v) is 7.40. The minimum absolute atomic E-state index is 0.0418. The first-order valence-electron chi connectivity index (χ1n) is 9.08. The number of amidine groups is 1. The van der Waals surface area contributed by atoms with Crippen molar-refractivity contribution in [2.45, 2.75) is 24.2 Å². The lowest BCUT2D eigenvalue weighted by Gasteiger charge is -2.13. The highest BCUT2D eigenvalue weighted by atomic mass is 32.2. The fourth-order valence-corrected chi connectivity index (χ4v) is 3.69. The Morgan fingerprint density at radius 2 is 2.03 bits per heavy atom. The highest BCUT2D eigenvalue weighted by molar-refractivity contribution is 7.99. The van der Waals surface area contributed by atoms with Gasteiger partial charge in [-0.1, -0.05) is 11.8 Å². The minimum atomic E-state index is -4.43. The Bertz CT molecular complexity index is 1110. The van der Waals surface area contributed by atoms with E-state index in [4.69, 9.17) is 16.4 Å². The number of nitrogens with two attached hydrogens (primary N) is 2. The van der Waals surface area contributed by atoms with Crippen LogP contribution < -0.4 is 27.4 Å². The molecule has 1 aromatic carbocycles. The molecular weight excluding hydrogens is 435 g/mol. The van der Waals surface area contributed by atoms with Crippen molar-refractivity contribution in [3.63, 3.8) is 0 Å². The summed E-state index contributed by atoms with van der Waals surface area (Å²) in [5, 5.41) is 3.95. The molecule has 3 aromatic rings. The Morgan fingerprint density at radius 3 is 2.68 bits per heavy atom. The largest absolute Gasteiger partial charge is 0.484 e. The van der Waals surface area contributed by atoms with Crippen molar-refractivity contribution in [3.8, 4) is 11.4 Å². The number of H-pyrrole nitrogens is 1. The summed E-state index contributed by atoms with van der Waals surface area (Å²) in [6.07, 6.45) is -1.64. The molecule has 166 valence electrons. The predicted octanol–water partition coefficient (Wildman–Crippen LogP) is 2.26. The maximum Gasteiger partial charge on any atom is 0.422 e. The molecule has 0 fully saturated rings. The topological polar surface area (TPSA) is 136 Å². The molecule has 0 aliphatic rings. The number of rotatable bonds is 8. The van der Waals surface area contributed by atoms with Crippen molar-refractivity contribution in [1.82, 2.24) is 20.0 Å². The predicted molar refractivity (Wildman–Crippen MR) is 112 cm³/mol. The van der Waals surface area contributed by atoms with E-state index >= 15 is 0 Å². The number of alkyl halides is 3. The van der Waals surface area contributed by atoms with Gasteiger partial charge in [0.15, 0.2) is 11.8 Å². The first-order valence-corrected chi connectivity index (χ1v) is 10.1. The molecule has 0 saturated heterocycles. The van der Waals surface area contributed by atoms with Gasteiger partial charge < -0.3 is 21.0 Å². The number of hydrazone groups is 1. The van der Waals surface area contributed by atoms with Gasteiger partial charge in [-0.3, -0.25) is 9.36 Å². The number of hydrazine groups is 1. The van der Waals surface area contributed by atoms with Crippen LogP contribution in [0.2, 0.25) is 0 Å². The molecule has 0 spiro atoms. The molecule has 13 heteroatoms. The summed E-state index contributed by atoms with van der Waals surface area (Å²) in [4.78, 5) is 20.4. The average molecular weight is 455 g/mol. The second kappa shape index (κ2) is 9.75. The van der Waals surface area contributed by atoms with Gasteiger partial charge in [-0.25, -0.2) is 10.8 Å². The van der Waals surface area contributed by atoms with Crippen LogP contribution in [-0.2, 0) is 0 Å². The van der Waals surface area contributed by atoms with Crippen LogP contribution in [0.25, 0.3) is 16.7 Å². The van der Waals surface area contributed by atoms with E-state index < -0.39 is 12.8 Å². The molecule has 0 bridgehead atoms. The fourth-order valence-electron chi connectivity index (χ4n) is 2.74. The van der Waals surface area contributed by atoms with Crippen LogP contribution in [-0.4, -0.2) is 38.9 Å². The van der Waals surface area contributed by atoms with Crippen molar-refractivity contribution in [2.75, 3.05) is 12.4 Å². The lowest BCUT2D eigenvalue weighted by Crippen LogP contribution is -2.31. The molecule has 3 rings (SSSR count). The number of aromatic amines is 1. The summed E-state index contributed by atoms with van der Waals surface area (Å²) in [6.45, 7) is -1.39. The van der Waals surface area contributed by atoms with E-state index in [0.717, 1.165) is 0 Å². The van der Waals surface area contributed by atoms with Gasteiger partial charge in [-0.2, -0.15) is 18.3 Å². The van der Waals surface area contributed by atoms with E-state index in [-0.39, 0.29) is 11.3 Å². The van der Waals surface area contributed by atoms with Gasteiger partial charge in [0.1, 0.15) is 17.1 Å². The molecule has 6 N–H and O–H groups in total. The summed E-state index contributed by atoms with van der Waals surface area (Å²) in [5.41, 5.74) is 3.37. The maximum atomic E-state index is 13.0. The van der Waals surface area contributed by atoms with E-state index in [9.17, 15) is 18.0 Å². The molecule has 9 nitrogen and oxygen atoms in total. The lowest BCUT2D eigenvalue weighted by molar-refractivity contribution is -0.153.